The summed E-state index contributed by atoms with van der Waals surface area (Å²) in [6, 6.07) is 4.12. The van der Waals surface area contributed by atoms with Crippen molar-refractivity contribution in [3.05, 3.63) is 36.4 Å². The van der Waals surface area contributed by atoms with Crippen LogP contribution in [0.5, 0.6) is 0 Å². The fourth-order valence-corrected chi connectivity index (χ4v) is 1.51. The van der Waals surface area contributed by atoms with Gasteiger partial charge < -0.3 is 21.4 Å². The molecule has 0 saturated heterocycles. The second-order valence-corrected chi connectivity index (χ2v) is 3.02. The number of hydrogen-bond donors (Lipinski definition) is 0. The molecular weight excluding hydrogens is 240 g/mol. The van der Waals surface area contributed by atoms with Gasteiger partial charge in [-0.05, 0) is 18.1 Å². The van der Waals surface area contributed by atoms with E-state index in [4.69, 9.17) is 6.42 Å². The van der Waals surface area contributed by atoms with Crippen molar-refractivity contribution >= 4 is 5.52 Å². The second kappa shape index (κ2) is 4.30. The van der Waals surface area contributed by atoms with Crippen LogP contribution in [0.15, 0.2) is 30.7 Å². The molecule has 3 heteroatoms. The van der Waals surface area contributed by atoms with Crippen molar-refractivity contribution in [2.24, 2.45) is 0 Å². The van der Waals surface area contributed by atoms with Crippen LogP contribution in [0.3, 0.4) is 0 Å². The summed E-state index contributed by atoms with van der Waals surface area (Å²) in [5.74, 6) is 2.64. The lowest BCUT2D eigenvalue weighted by Gasteiger charge is -1.98. The van der Waals surface area contributed by atoms with Crippen LogP contribution >= 0.6 is 0 Å². The highest BCUT2D eigenvalue weighted by Gasteiger charge is 2.08. The van der Waals surface area contributed by atoms with Gasteiger partial charge in [-0.1, -0.05) is 0 Å². The minimum Gasteiger partial charge on any atom is -1.00 e. The number of nitrogens with zero attached hydrogens (tertiary/aromatic N) is 2. The van der Waals surface area contributed by atoms with E-state index in [-0.39, 0.29) is 17.0 Å². The van der Waals surface area contributed by atoms with Crippen molar-refractivity contribution < 1.29 is 21.5 Å². The van der Waals surface area contributed by atoms with Crippen molar-refractivity contribution in [1.29, 1.82) is 0 Å². The molecule has 2 aromatic heterocycles. The Bertz CT molecular complexity index is 479. The zero-order valence-corrected chi connectivity index (χ0v) is 9.53. The summed E-state index contributed by atoms with van der Waals surface area (Å²) in [5, 5.41) is 0. The van der Waals surface area contributed by atoms with Gasteiger partial charge in [-0.25, -0.2) is 0 Å². The Balaban J connectivity index is 0.000000980. The summed E-state index contributed by atoms with van der Waals surface area (Å²) in [6.07, 6.45) is 11.3. The van der Waals surface area contributed by atoms with Gasteiger partial charge in [0.1, 0.15) is 5.52 Å². The van der Waals surface area contributed by atoms with Crippen LogP contribution in [0.25, 0.3) is 5.52 Å². The van der Waals surface area contributed by atoms with E-state index >= 15 is 0 Å². The molecule has 0 aromatic carbocycles. The Kier molecular flexibility index (Phi) is 3.32. The fraction of sp³-hybridized carbons (Fsp3) is 0.182. The highest BCUT2D eigenvalue weighted by atomic mass is 79.9. The number of halogens is 1. The van der Waals surface area contributed by atoms with E-state index in [1.165, 1.54) is 11.2 Å². The Hall–Kier alpha value is -1.27. The number of aryl methyl sites for hydroxylation is 1. The predicted octanol–water partition coefficient (Wildman–Crippen LogP) is -1.83. The summed E-state index contributed by atoms with van der Waals surface area (Å²) in [5.41, 5.74) is 2.41. The maximum atomic E-state index is 5.27. The lowest BCUT2D eigenvalue weighted by Crippen LogP contribution is -3.00. The summed E-state index contributed by atoms with van der Waals surface area (Å²) in [4.78, 5) is 0. The molecule has 0 fully saturated rings. The average molecular weight is 251 g/mol. The topological polar surface area (TPSA) is 8.29 Å². The van der Waals surface area contributed by atoms with E-state index in [2.05, 4.69) is 27.9 Å². The first-order chi connectivity index (χ1) is 6.33. The van der Waals surface area contributed by atoms with Crippen LogP contribution in [0.2, 0.25) is 0 Å². The highest BCUT2D eigenvalue weighted by molar-refractivity contribution is 5.49. The smallest absolute Gasteiger partial charge is 0.209 e. The number of rotatable bonds is 1. The quantitative estimate of drug-likeness (QED) is 0.416. The molecule has 0 aliphatic rings. The average Bonchev–Trinajstić information content (AvgIpc) is 2.58. The molecule has 72 valence electrons. The Morgan fingerprint density at radius 2 is 2.29 bits per heavy atom. The molecule has 0 unspecified atom stereocenters. The van der Waals surface area contributed by atoms with E-state index < -0.39 is 0 Å². The van der Waals surface area contributed by atoms with E-state index in [1.807, 2.05) is 24.7 Å². The van der Waals surface area contributed by atoms with Crippen molar-refractivity contribution in [2.75, 3.05) is 0 Å². The SMILES string of the molecule is C#CC[n+]1ccn2cccc2c1C.[Br-]. The maximum absolute atomic E-state index is 5.27. The van der Waals surface area contributed by atoms with Gasteiger partial charge >= 0.3 is 0 Å². The third-order valence-electron chi connectivity index (χ3n) is 2.25. The van der Waals surface area contributed by atoms with Gasteiger partial charge in [0.15, 0.2) is 6.20 Å². The standard InChI is InChI=1S/C11H11N2.BrH/c1-3-6-12-8-9-13-7-4-5-11(13)10(12)2;/h1,4-5,7-9H,6H2,2H3;1H/q+1;/p-1. The van der Waals surface area contributed by atoms with Crippen LogP contribution in [0.4, 0.5) is 0 Å². The van der Waals surface area contributed by atoms with Gasteiger partial charge in [0.05, 0.1) is 6.20 Å². The van der Waals surface area contributed by atoms with Gasteiger partial charge in [0.25, 0.3) is 0 Å². The summed E-state index contributed by atoms with van der Waals surface area (Å²) in [6.45, 7) is 2.71. The molecule has 14 heavy (non-hydrogen) atoms. The van der Waals surface area contributed by atoms with Crippen LogP contribution in [0, 0.1) is 19.3 Å². The molecule has 0 N–H and O–H groups in total. The minimum atomic E-state index is 0. The maximum Gasteiger partial charge on any atom is 0.209 e. The molecule has 0 atom stereocenters. The number of fused-ring (bicyclic) bond motifs is 1. The Morgan fingerprint density at radius 1 is 1.50 bits per heavy atom. The monoisotopic (exact) mass is 250 g/mol. The molecule has 0 bridgehead atoms. The number of aromatic nitrogens is 2. The summed E-state index contributed by atoms with van der Waals surface area (Å²) in [7, 11) is 0. The molecule has 0 spiro atoms. The van der Waals surface area contributed by atoms with Gasteiger partial charge in [-0.15, -0.1) is 6.42 Å². The van der Waals surface area contributed by atoms with Gasteiger partial charge in [0, 0.05) is 13.1 Å². The zero-order valence-electron chi connectivity index (χ0n) is 7.94. The minimum absolute atomic E-state index is 0. The van der Waals surface area contributed by atoms with Gasteiger partial charge in [-0.2, -0.15) is 4.57 Å². The van der Waals surface area contributed by atoms with Gasteiger partial charge in [-0.3, -0.25) is 0 Å². The van der Waals surface area contributed by atoms with Crippen molar-refractivity contribution in [2.45, 2.75) is 13.5 Å². The number of hydrogen-bond acceptors (Lipinski definition) is 0. The third-order valence-corrected chi connectivity index (χ3v) is 2.25. The van der Waals surface area contributed by atoms with Crippen molar-refractivity contribution in [3.63, 3.8) is 0 Å². The Labute approximate surface area is 94.0 Å². The molecule has 0 saturated carbocycles. The first-order valence-electron chi connectivity index (χ1n) is 4.22. The van der Waals surface area contributed by atoms with E-state index in [0.29, 0.717) is 6.54 Å². The van der Waals surface area contributed by atoms with Crippen molar-refractivity contribution in [1.82, 2.24) is 4.40 Å². The largest absolute Gasteiger partial charge is 1.00 e. The van der Waals surface area contributed by atoms with E-state index in [1.54, 1.807) is 0 Å². The predicted molar refractivity (Wildman–Crippen MR) is 51.2 cm³/mol. The lowest BCUT2D eigenvalue weighted by atomic mass is 10.3. The second-order valence-electron chi connectivity index (χ2n) is 3.02. The molecule has 0 radical (unpaired) electrons. The normalized spacial score (nSPS) is 9.43. The lowest BCUT2D eigenvalue weighted by molar-refractivity contribution is -0.690. The first-order valence-corrected chi connectivity index (χ1v) is 4.22. The molecule has 2 rings (SSSR count). The Morgan fingerprint density at radius 3 is 3.00 bits per heavy atom. The van der Waals surface area contributed by atoms with Crippen LogP contribution in [-0.4, -0.2) is 4.40 Å². The summed E-state index contributed by atoms with van der Waals surface area (Å²) >= 11 is 0. The summed E-state index contributed by atoms with van der Waals surface area (Å²) < 4.78 is 4.15. The van der Waals surface area contributed by atoms with Gasteiger partial charge in [0.2, 0.25) is 12.2 Å². The molecule has 0 amide bonds. The van der Waals surface area contributed by atoms with E-state index in [0.717, 1.165) is 0 Å². The fourth-order valence-electron chi connectivity index (χ4n) is 1.51. The van der Waals surface area contributed by atoms with Crippen LogP contribution in [-0.2, 0) is 6.54 Å². The molecule has 2 aromatic rings. The molecule has 2 heterocycles. The van der Waals surface area contributed by atoms with Crippen LogP contribution in [0.1, 0.15) is 5.69 Å². The van der Waals surface area contributed by atoms with E-state index in [9.17, 15) is 0 Å². The first kappa shape index (κ1) is 10.8. The molecule has 0 aliphatic carbocycles. The molecular formula is C11H11BrN2. The van der Waals surface area contributed by atoms with Crippen molar-refractivity contribution in [3.8, 4) is 12.3 Å². The highest BCUT2D eigenvalue weighted by Crippen LogP contribution is 2.05. The molecule has 2 nitrogen and oxygen atoms in total. The zero-order chi connectivity index (χ0) is 9.26. The van der Waals surface area contributed by atoms with Crippen LogP contribution < -0.4 is 21.5 Å². The number of terminal acetylenes is 1. The third kappa shape index (κ3) is 1.66. The molecule has 0 aliphatic heterocycles.